The van der Waals surface area contributed by atoms with Crippen LogP contribution in [0.2, 0.25) is 5.02 Å². The van der Waals surface area contributed by atoms with E-state index in [1.807, 2.05) is 0 Å². The van der Waals surface area contributed by atoms with E-state index in [-0.39, 0.29) is 24.5 Å². The highest BCUT2D eigenvalue weighted by molar-refractivity contribution is 6.30. The number of aliphatic hydroxyl groups excluding tert-OH is 1. The van der Waals surface area contributed by atoms with E-state index in [0.29, 0.717) is 10.6 Å². The Hall–Kier alpha value is -3.31. The summed E-state index contributed by atoms with van der Waals surface area (Å²) in [7, 11) is 1.24. The molecule has 28 heavy (non-hydrogen) atoms. The molecule has 3 aromatic rings. The first-order valence-electron chi connectivity index (χ1n) is 8.06. The highest BCUT2D eigenvalue weighted by Gasteiger charge is 2.16. The van der Waals surface area contributed by atoms with E-state index in [9.17, 15) is 19.5 Å². The predicted molar refractivity (Wildman–Crippen MR) is 97.8 cm³/mol. The summed E-state index contributed by atoms with van der Waals surface area (Å²) in [6.45, 7) is -0.104. The van der Waals surface area contributed by atoms with Gasteiger partial charge in [0.25, 0.3) is 11.5 Å². The first-order valence-corrected chi connectivity index (χ1v) is 8.44. The highest BCUT2D eigenvalue weighted by atomic mass is 35.5. The molecule has 146 valence electrons. The summed E-state index contributed by atoms with van der Waals surface area (Å²) in [4.78, 5) is 36.6. The summed E-state index contributed by atoms with van der Waals surface area (Å²) < 4.78 is 1.85. The van der Waals surface area contributed by atoms with E-state index >= 15 is 0 Å². The van der Waals surface area contributed by atoms with E-state index in [1.165, 1.54) is 11.8 Å². The zero-order chi connectivity index (χ0) is 20.4. The van der Waals surface area contributed by atoms with E-state index in [2.05, 4.69) is 15.4 Å². The Morgan fingerprint density at radius 2 is 1.96 bits per heavy atom. The lowest BCUT2D eigenvalue weighted by Crippen LogP contribution is -2.42. The van der Waals surface area contributed by atoms with Gasteiger partial charge in [-0.3, -0.25) is 18.7 Å². The predicted octanol–water partition coefficient (Wildman–Crippen LogP) is -0.932. The number of aromatic nitrogens is 6. The van der Waals surface area contributed by atoms with Crippen LogP contribution < -0.4 is 17.0 Å². The van der Waals surface area contributed by atoms with Crippen molar-refractivity contribution in [1.82, 2.24) is 29.3 Å². The van der Waals surface area contributed by atoms with Crippen LogP contribution in [0.15, 0.2) is 40.1 Å². The van der Waals surface area contributed by atoms with Gasteiger partial charge in [0, 0.05) is 18.3 Å². The normalized spacial score (nSPS) is 12.1. The topological polar surface area (TPSA) is 151 Å². The Morgan fingerprint density at radius 1 is 1.29 bits per heavy atom. The number of tetrazole rings is 1. The molecule has 0 saturated heterocycles. The van der Waals surface area contributed by atoms with Gasteiger partial charge in [0.05, 0.1) is 13.1 Å². The fourth-order valence-electron chi connectivity index (χ4n) is 2.52. The van der Waals surface area contributed by atoms with Gasteiger partial charge in [-0.25, -0.2) is 4.79 Å². The fourth-order valence-corrected chi connectivity index (χ4v) is 2.65. The number of hydrogen-bond donors (Lipinski definition) is 2. The number of nitrogens with two attached hydrogens (primary N) is 1. The highest BCUT2D eigenvalue weighted by Crippen LogP contribution is 2.17. The molecule has 0 aliphatic heterocycles. The smallest absolute Gasteiger partial charge is 0.331 e. The Morgan fingerprint density at radius 3 is 2.61 bits per heavy atom. The van der Waals surface area contributed by atoms with Crippen molar-refractivity contribution in [3.63, 3.8) is 0 Å². The quantitative estimate of drug-likeness (QED) is 0.537. The zero-order valence-corrected chi connectivity index (χ0v) is 15.4. The molecule has 0 fully saturated rings. The van der Waals surface area contributed by atoms with Crippen molar-refractivity contribution in [2.24, 2.45) is 12.8 Å². The van der Waals surface area contributed by atoms with Crippen molar-refractivity contribution in [2.75, 3.05) is 0 Å². The van der Waals surface area contributed by atoms with Crippen LogP contribution in [-0.2, 0) is 20.1 Å². The molecule has 0 unspecified atom stereocenters. The fraction of sp³-hybridized carbons (Fsp3) is 0.250. The van der Waals surface area contributed by atoms with Gasteiger partial charge in [-0.2, -0.15) is 4.80 Å². The third kappa shape index (κ3) is 4.00. The lowest BCUT2D eigenvalue weighted by molar-refractivity contribution is 0.0997. The molecule has 0 spiro atoms. The second-order valence-electron chi connectivity index (χ2n) is 6.01. The molecule has 1 atom stereocenters. The first kappa shape index (κ1) is 19.5. The Kier molecular flexibility index (Phi) is 5.38. The van der Waals surface area contributed by atoms with Gasteiger partial charge in [-0.05, 0) is 22.9 Å². The maximum Gasteiger partial charge on any atom is 0.331 e. The molecule has 0 aliphatic carbocycles. The molecule has 2 aromatic heterocycles. The second kappa shape index (κ2) is 7.74. The van der Waals surface area contributed by atoms with Crippen LogP contribution in [0.3, 0.4) is 0 Å². The molecule has 0 bridgehead atoms. The van der Waals surface area contributed by atoms with Crippen molar-refractivity contribution in [3.05, 3.63) is 73.3 Å². The number of carbonyl (C=O) groups excluding carboxylic acids is 1. The summed E-state index contributed by atoms with van der Waals surface area (Å²) >= 11 is 5.82. The molecule has 1 aromatic carbocycles. The van der Waals surface area contributed by atoms with Gasteiger partial charge in [0.1, 0.15) is 11.7 Å². The molecule has 2 heterocycles. The Bertz CT molecular complexity index is 1130. The minimum absolute atomic E-state index is 0.0311. The van der Waals surface area contributed by atoms with Crippen LogP contribution in [0.4, 0.5) is 0 Å². The lowest BCUT2D eigenvalue weighted by Gasteiger charge is -2.09. The molecule has 1 amide bonds. The van der Waals surface area contributed by atoms with E-state index in [0.717, 1.165) is 15.3 Å². The maximum atomic E-state index is 12.2. The van der Waals surface area contributed by atoms with Gasteiger partial charge in [-0.1, -0.05) is 23.7 Å². The first-order chi connectivity index (χ1) is 13.3. The summed E-state index contributed by atoms with van der Waals surface area (Å²) in [6, 6.07) is 6.67. The Labute approximate surface area is 162 Å². The van der Waals surface area contributed by atoms with Gasteiger partial charge in [0.2, 0.25) is 0 Å². The molecule has 3 rings (SSSR count). The largest absolute Gasteiger partial charge is 0.386 e. The van der Waals surface area contributed by atoms with Gasteiger partial charge < -0.3 is 10.8 Å². The monoisotopic (exact) mass is 405 g/mol. The van der Waals surface area contributed by atoms with E-state index in [4.69, 9.17) is 17.3 Å². The minimum atomic E-state index is -0.947. The van der Waals surface area contributed by atoms with Crippen molar-refractivity contribution in [1.29, 1.82) is 0 Å². The summed E-state index contributed by atoms with van der Waals surface area (Å²) in [5.41, 5.74) is 4.03. The number of hydrogen-bond acceptors (Lipinski definition) is 7. The molecular formula is C16H16ClN7O4. The van der Waals surface area contributed by atoms with Crippen LogP contribution in [0.1, 0.15) is 27.8 Å². The number of carbonyl (C=O) groups is 1. The van der Waals surface area contributed by atoms with Crippen LogP contribution in [0.5, 0.6) is 0 Å². The van der Waals surface area contributed by atoms with Crippen LogP contribution >= 0.6 is 11.6 Å². The summed E-state index contributed by atoms with van der Waals surface area (Å²) in [5.74, 6) is -0.795. The van der Waals surface area contributed by atoms with Gasteiger partial charge in [0.15, 0.2) is 5.82 Å². The average molecular weight is 406 g/mol. The molecule has 0 radical (unpaired) electrons. The molecule has 12 heteroatoms. The third-order valence-corrected chi connectivity index (χ3v) is 4.27. The average Bonchev–Trinajstić information content (AvgIpc) is 3.09. The van der Waals surface area contributed by atoms with Crippen molar-refractivity contribution >= 4 is 17.5 Å². The van der Waals surface area contributed by atoms with Crippen LogP contribution in [0, 0.1) is 0 Å². The Balaban J connectivity index is 1.80. The van der Waals surface area contributed by atoms with Gasteiger partial charge >= 0.3 is 5.69 Å². The number of rotatable bonds is 6. The minimum Gasteiger partial charge on any atom is -0.386 e. The molecule has 3 N–H and O–H groups in total. The number of benzene rings is 1. The van der Waals surface area contributed by atoms with Crippen molar-refractivity contribution in [2.45, 2.75) is 19.2 Å². The molecule has 0 aliphatic rings. The summed E-state index contributed by atoms with van der Waals surface area (Å²) in [5, 5.41) is 22.6. The van der Waals surface area contributed by atoms with Gasteiger partial charge in [-0.15, -0.1) is 10.2 Å². The molecule has 11 nitrogen and oxygen atoms in total. The van der Waals surface area contributed by atoms with Crippen molar-refractivity contribution in [3.8, 4) is 0 Å². The van der Waals surface area contributed by atoms with Crippen LogP contribution in [0.25, 0.3) is 0 Å². The van der Waals surface area contributed by atoms with E-state index < -0.39 is 23.3 Å². The summed E-state index contributed by atoms with van der Waals surface area (Å²) in [6.07, 6.45) is 0.178. The number of primary amides is 1. The third-order valence-electron chi connectivity index (χ3n) is 4.02. The zero-order valence-electron chi connectivity index (χ0n) is 14.7. The maximum absolute atomic E-state index is 12.2. The standard InChI is InChI=1S/C16H16ClN7O4/c1-22-15(27)11(14(18)26)6-23(16(22)28)8-13-19-21-24(20-13)7-12(25)9-2-4-10(17)5-3-9/h2-6,12,25H,7-8H2,1H3,(H2,18,26)/t12-/m0/s1. The second-order valence-corrected chi connectivity index (χ2v) is 6.45. The lowest BCUT2D eigenvalue weighted by atomic mass is 10.1. The number of halogens is 1. The number of amides is 1. The molecule has 0 saturated carbocycles. The van der Waals surface area contributed by atoms with E-state index in [1.54, 1.807) is 24.3 Å². The molecular weight excluding hydrogens is 390 g/mol. The number of aliphatic hydroxyl groups is 1. The van der Waals surface area contributed by atoms with Crippen LogP contribution in [-0.4, -0.2) is 40.4 Å². The number of nitrogens with zero attached hydrogens (tertiary/aromatic N) is 6. The SMILES string of the molecule is Cn1c(=O)c(C(N)=O)cn(Cc2nnn(C[C@H](O)c3ccc(Cl)cc3)n2)c1=O. The van der Waals surface area contributed by atoms with Crippen molar-refractivity contribution < 1.29 is 9.90 Å².